The van der Waals surface area contributed by atoms with Gasteiger partial charge in [0.2, 0.25) is 0 Å². The Morgan fingerprint density at radius 3 is 1.85 bits per heavy atom. The molecule has 5 aromatic rings. The lowest BCUT2D eigenvalue weighted by atomic mass is 10.1. The standard InChI is InChI=1S/C38H44N6O2/c45-38(33-9-8-14-37(25-33)46-36-12-2-1-3-13-36)29-41-26-31-15-17-32(18-16-31)30-44(23-21-39-27-34-10-4-6-19-42-34)24-22-40-28-35-11-5-7-20-43-35/h1-20,25,38-41,45H,21-24,26-30H2. The molecule has 0 fully saturated rings. The summed E-state index contributed by atoms with van der Waals surface area (Å²) in [6.07, 6.45) is 3.03. The second kappa shape index (κ2) is 18.5. The number of ether oxygens (including phenoxy) is 1. The van der Waals surface area contributed by atoms with Gasteiger partial charge in [-0.1, -0.05) is 66.7 Å². The predicted molar refractivity (Wildman–Crippen MR) is 183 cm³/mol. The molecule has 0 aliphatic rings. The van der Waals surface area contributed by atoms with Gasteiger partial charge in [-0.3, -0.25) is 14.9 Å². The van der Waals surface area contributed by atoms with Crippen molar-refractivity contribution in [3.8, 4) is 11.5 Å². The predicted octanol–water partition coefficient (Wildman–Crippen LogP) is 5.47. The summed E-state index contributed by atoms with van der Waals surface area (Å²) in [5, 5.41) is 21.3. The largest absolute Gasteiger partial charge is 0.457 e. The van der Waals surface area contributed by atoms with Gasteiger partial charge in [-0.05, 0) is 65.2 Å². The van der Waals surface area contributed by atoms with E-state index in [4.69, 9.17) is 4.74 Å². The summed E-state index contributed by atoms with van der Waals surface area (Å²) in [6, 6.07) is 38.0. The lowest BCUT2D eigenvalue weighted by molar-refractivity contribution is 0.174. The van der Waals surface area contributed by atoms with Crippen molar-refractivity contribution in [2.24, 2.45) is 0 Å². The molecule has 8 heteroatoms. The number of hydrogen-bond acceptors (Lipinski definition) is 8. The Kier molecular flexibility index (Phi) is 13.3. The zero-order chi connectivity index (χ0) is 31.7. The summed E-state index contributed by atoms with van der Waals surface area (Å²) in [5.41, 5.74) is 5.37. The van der Waals surface area contributed by atoms with Gasteiger partial charge >= 0.3 is 0 Å². The van der Waals surface area contributed by atoms with E-state index in [-0.39, 0.29) is 0 Å². The third kappa shape index (κ3) is 11.5. The molecule has 0 bridgehead atoms. The highest BCUT2D eigenvalue weighted by Gasteiger charge is 2.10. The number of aliphatic hydroxyl groups excluding tert-OH is 1. The van der Waals surface area contributed by atoms with E-state index in [9.17, 15) is 5.11 Å². The fourth-order valence-corrected chi connectivity index (χ4v) is 5.08. The molecule has 3 aromatic carbocycles. The van der Waals surface area contributed by atoms with Gasteiger partial charge in [0.15, 0.2) is 0 Å². The molecule has 0 saturated heterocycles. The van der Waals surface area contributed by atoms with Crippen LogP contribution in [0.15, 0.2) is 128 Å². The molecule has 238 valence electrons. The van der Waals surface area contributed by atoms with E-state index in [1.54, 1.807) is 0 Å². The molecule has 8 nitrogen and oxygen atoms in total. The molecular formula is C38H44N6O2. The quantitative estimate of drug-likeness (QED) is 0.0908. The van der Waals surface area contributed by atoms with E-state index < -0.39 is 6.10 Å². The molecule has 0 saturated carbocycles. The maximum atomic E-state index is 10.8. The van der Waals surface area contributed by atoms with E-state index in [2.05, 4.69) is 55.1 Å². The summed E-state index contributed by atoms with van der Waals surface area (Å²) >= 11 is 0. The van der Waals surface area contributed by atoms with Crippen LogP contribution in [-0.2, 0) is 26.2 Å². The molecule has 46 heavy (non-hydrogen) atoms. The second-order valence-corrected chi connectivity index (χ2v) is 11.2. The van der Waals surface area contributed by atoms with Crippen LogP contribution in [0.3, 0.4) is 0 Å². The van der Waals surface area contributed by atoms with Crippen LogP contribution >= 0.6 is 0 Å². The minimum atomic E-state index is -0.635. The van der Waals surface area contributed by atoms with Crippen LogP contribution in [0.4, 0.5) is 0 Å². The number of nitrogens with zero attached hydrogens (tertiary/aromatic N) is 3. The fraction of sp³-hybridized carbons (Fsp3) is 0.263. The third-order valence-electron chi connectivity index (χ3n) is 7.59. The molecule has 1 unspecified atom stereocenters. The Bertz CT molecular complexity index is 1490. The number of nitrogens with one attached hydrogen (secondary N) is 3. The van der Waals surface area contributed by atoms with Crippen molar-refractivity contribution in [1.29, 1.82) is 0 Å². The van der Waals surface area contributed by atoms with Crippen LogP contribution < -0.4 is 20.7 Å². The molecule has 0 spiro atoms. The maximum absolute atomic E-state index is 10.8. The molecule has 0 aliphatic heterocycles. The minimum Gasteiger partial charge on any atom is -0.457 e. The van der Waals surface area contributed by atoms with Crippen molar-refractivity contribution in [2.45, 2.75) is 32.3 Å². The highest BCUT2D eigenvalue weighted by atomic mass is 16.5. The van der Waals surface area contributed by atoms with Gasteiger partial charge in [0.25, 0.3) is 0 Å². The Morgan fingerprint density at radius 1 is 0.609 bits per heavy atom. The molecule has 2 heterocycles. The van der Waals surface area contributed by atoms with Gasteiger partial charge in [0.1, 0.15) is 11.5 Å². The van der Waals surface area contributed by atoms with Crippen molar-refractivity contribution in [3.63, 3.8) is 0 Å². The molecular weight excluding hydrogens is 572 g/mol. The van der Waals surface area contributed by atoms with Gasteiger partial charge in [-0.2, -0.15) is 0 Å². The average molecular weight is 617 g/mol. The van der Waals surface area contributed by atoms with Gasteiger partial charge < -0.3 is 25.8 Å². The SMILES string of the molecule is OC(CNCc1ccc(CN(CCNCc2ccccn2)CCNCc2ccccn2)cc1)c1cccc(Oc2ccccc2)c1. The van der Waals surface area contributed by atoms with Gasteiger partial charge in [-0.15, -0.1) is 0 Å². The Hall–Kier alpha value is -4.44. The van der Waals surface area contributed by atoms with Crippen LogP contribution in [0, 0.1) is 0 Å². The number of pyridine rings is 2. The number of para-hydroxylation sites is 1. The first kappa shape index (κ1) is 32.9. The summed E-state index contributed by atoms with van der Waals surface area (Å²) < 4.78 is 5.93. The van der Waals surface area contributed by atoms with Crippen molar-refractivity contribution in [3.05, 3.63) is 156 Å². The highest BCUT2D eigenvalue weighted by Crippen LogP contribution is 2.24. The molecule has 2 aromatic heterocycles. The van der Waals surface area contributed by atoms with Crippen LogP contribution in [0.2, 0.25) is 0 Å². The van der Waals surface area contributed by atoms with Gasteiger partial charge in [-0.25, -0.2) is 0 Å². The summed E-state index contributed by atoms with van der Waals surface area (Å²) in [5.74, 6) is 1.48. The van der Waals surface area contributed by atoms with Gasteiger partial charge in [0.05, 0.1) is 17.5 Å². The monoisotopic (exact) mass is 616 g/mol. The first-order valence-corrected chi connectivity index (χ1v) is 15.9. The number of benzene rings is 3. The van der Waals surface area contributed by atoms with E-state index in [1.165, 1.54) is 11.1 Å². The van der Waals surface area contributed by atoms with Crippen molar-refractivity contribution in [2.75, 3.05) is 32.7 Å². The average Bonchev–Trinajstić information content (AvgIpc) is 3.10. The topological polar surface area (TPSA) is 94.6 Å². The number of rotatable bonds is 19. The van der Waals surface area contributed by atoms with Crippen LogP contribution in [0.25, 0.3) is 0 Å². The first-order chi connectivity index (χ1) is 22.7. The van der Waals surface area contributed by atoms with E-state index in [0.717, 1.165) is 68.5 Å². The zero-order valence-corrected chi connectivity index (χ0v) is 26.3. The summed E-state index contributed by atoms with van der Waals surface area (Å²) in [6.45, 7) is 7.12. The smallest absolute Gasteiger partial charge is 0.127 e. The lowest BCUT2D eigenvalue weighted by Gasteiger charge is -2.23. The lowest BCUT2D eigenvalue weighted by Crippen LogP contribution is -2.36. The first-order valence-electron chi connectivity index (χ1n) is 15.9. The molecule has 0 amide bonds. The molecule has 4 N–H and O–H groups in total. The summed E-state index contributed by atoms with van der Waals surface area (Å²) in [7, 11) is 0. The maximum Gasteiger partial charge on any atom is 0.127 e. The van der Waals surface area contributed by atoms with E-state index in [1.807, 2.05) is 103 Å². The van der Waals surface area contributed by atoms with Crippen LogP contribution in [0.5, 0.6) is 11.5 Å². The Labute approximate surface area is 272 Å². The minimum absolute atomic E-state index is 0.446. The molecule has 5 rings (SSSR count). The number of aromatic nitrogens is 2. The normalized spacial score (nSPS) is 11.9. The Balaban J connectivity index is 1.07. The van der Waals surface area contributed by atoms with Crippen molar-refractivity contribution < 1.29 is 9.84 Å². The van der Waals surface area contributed by atoms with E-state index >= 15 is 0 Å². The summed E-state index contributed by atoms with van der Waals surface area (Å²) in [4.78, 5) is 11.3. The Morgan fingerprint density at radius 2 is 1.22 bits per heavy atom. The van der Waals surface area contributed by atoms with Crippen molar-refractivity contribution >= 4 is 0 Å². The molecule has 0 radical (unpaired) electrons. The van der Waals surface area contributed by atoms with E-state index in [0.29, 0.717) is 18.8 Å². The third-order valence-corrected chi connectivity index (χ3v) is 7.59. The molecule has 0 aliphatic carbocycles. The number of aliphatic hydroxyl groups is 1. The fourth-order valence-electron chi connectivity index (χ4n) is 5.08. The number of hydrogen-bond donors (Lipinski definition) is 4. The zero-order valence-electron chi connectivity index (χ0n) is 26.3. The van der Waals surface area contributed by atoms with Crippen LogP contribution in [-0.4, -0.2) is 52.7 Å². The van der Waals surface area contributed by atoms with Crippen LogP contribution in [0.1, 0.15) is 34.2 Å². The van der Waals surface area contributed by atoms with Gasteiger partial charge in [0, 0.05) is 71.3 Å². The van der Waals surface area contributed by atoms with Crippen molar-refractivity contribution in [1.82, 2.24) is 30.8 Å². The second-order valence-electron chi connectivity index (χ2n) is 11.2. The highest BCUT2D eigenvalue weighted by molar-refractivity contribution is 5.34. The molecule has 1 atom stereocenters.